The van der Waals surface area contributed by atoms with Crippen molar-refractivity contribution in [1.82, 2.24) is 0 Å². The second kappa shape index (κ2) is 4.87. The van der Waals surface area contributed by atoms with Crippen LogP contribution in [0.15, 0.2) is 13.7 Å². The van der Waals surface area contributed by atoms with Gasteiger partial charge in [-0.1, -0.05) is 15.9 Å². The number of rotatable bonds is 2. The van der Waals surface area contributed by atoms with E-state index >= 15 is 0 Å². The molecule has 0 saturated heterocycles. The van der Waals surface area contributed by atoms with Gasteiger partial charge in [-0.15, -0.1) is 0 Å². The van der Waals surface area contributed by atoms with Crippen molar-refractivity contribution in [3.05, 3.63) is 26.2 Å². The van der Waals surface area contributed by atoms with E-state index in [4.69, 9.17) is 18.6 Å². The molecule has 0 fully saturated rings. The fourth-order valence-corrected chi connectivity index (χ4v) is 3.13. The third-order valence-electron chi connectivity index (χ3n) is 3.49. The van der Waals surface area contributed by atoms with Crippen molar-refractivity contribution in [2.45, 2.75) is 30.6 Å². The summed E-state index contributed by atoms with van der Waals surface area (Å²) in [4.78, 5) is 11.9. The molecule has 0 amide bonds. The van der Waals surface area contributed by atoms with Crippen LogP contribution in [0.1, 0.15) is 25.2 Å². The lowest BCUT2D eigenvalue weighted by molar-refractivity contribution is -0.247. The van der Waals surface area contributed by atoms with Crippen LogP contribution in [0.3, 0.4) is 0 Å². The number of fused-ring (bicyclic) bond motifs is 1. The first-order chi connectivity index (χ1) is 8.78. The van der Waals surface area contributed by atoms with Gasteiger partial charge in [0.2, 0.25) is 0 Å². The van der Waals surface area contributed by atoms with Crippen molar-refractivity contribution in [2.24, 2.45) is 0 Å². The molecule has 19 heavy (non-hydrogen) atoms. The highest BCUT2D eigenvalue weighted by Crippen LogP contribution is 2.51. The van der Waals surface area contributed by atoms with E-state index in [1.54, 1.807) is 14.0 Å². The molecule has 7 heteroatoms. The molecule has 2 rings (SSSR count). The lowest BCUT2D eigenvalue weighted by atomic mass is 9.92. The highest BCUT2D eigenvalue weighted by molar-refractivity contribution is 9.10. The lowest BCUT2D eigenvalue weighted by Crippen LogP contribution is -2.50. The summed E-state index contributed by atoms with van der Waals surface area (Å²) in [7, 11) is 3.04. The summed E-state index contributed by atoms with van der Waals surface area (Å²) in [5.74, 6) is -0.0716. The average molecular weight is 398 g/mol. The van der Waals surface area contributed by atoms with E-state index in [-0.39, 0.29) is 11.1 Å². The maximum Gasteiger partial charge on any atom is 0.354 e. The third kappa shape index (κ3) is 2.07. The van der Waals surface area contributed by atoms with Gasteiger partial charge in [0, 0.05) is 7.11 Å². The van der Waals surface area contributed by atoms with Crippen LogP contribution in [0.25, 0.3) is 0 Å². The minimum absolute atomic E-state index is 0.229. The van der Waals surface area contributed by atoms with E-state index in [9.17, 15) is 4.79 Å². The molecule has 0 spiro atoms. The van der Waals surface area contributed by atoms with Crippen LogP contribution in [0, 0.1) is 0 Å². The predicted octanol–water partition coefficient (Wildman–Crippen LogP) is 2.91. The summed E-state index contributed by atoms with van der Waals surface area (Å²) in [6.45, 7) is 3.83. The average Bonchev–Trinajstić information content (AvgIpc) is 2.37. The van der Waals surface area contributed by atoms with Gasteiger partial charge in [-0.2, -0.15) is 0 Å². The normalized spacial score (nSPS) is 30.0. The molecule has 1 aromatic rings. The molecule has 0 aromatic carbocycles. The molecule has 0 aliphatic carbocycles. The van der Waals surface area contributed by atoms with Crippen molar-refractivity contribution in [3.8, 4) is 5.75 Å². The lowest BCUT2D eigenvalue weighted by Gasteiger charge is -2.44. The second-order valence-electron chi connectivity index (χ2n) is 4.49. The molecule has 1 aliphatic rings. The van der Waals surface area contributed by atoms with Gasteiger partial charge < -0.3 is 18.6 Å². The van der Waals surface area contributed by atoms with Gasteiger partial charge in [0.25, 0.3) is 0 Å². The first kappa shape index (κ1) is 15.0. The minimum atomic E-state index is -0.950. The molecule has 0 bridgehead atoms. The Morgan fingerprint density at radius 1 is 1.32 bits per heavy atom. The summed E-state index contributed by atoms with van der Waals surface area (Å²) >= 11 is 6.71. The fraction of sp³-hybridized carbons (Fsp3) is 0.583. The first-order valence-corrected chi connectivity index (χ1v) is 7.15. The van der Waals surface area contributed by atoms with Gasteiger partial charge in [0.15, 0.2) is 5.79 Å². The van der Waals surface area contributed by atoms with E-state index in [0.29, 0.717) is 17.1 Å². The number of methoxy groups -OCH3 is 2. The quantitative estimate of drug-likeness (QED) is 0.718. The molecular weight excluding hydrogens is 384 g/mol. The summed E-state index contributed by atoms with van der Waals surface area (Å²) in [6.07, 6.45) is 0. The van der Waals surface area contributed by atoms with Crippen LogP contribution in [0.5, 0.6) is 5.75 Å². The Morgan fingerprint density at radius 3 is 2.47 bits per heavy atom. The first-order valence-electron chi connectivity index (χ1n) is 5.56. The number of alkyl halides is 1. The number of hydrogen-bond acceptors (Lipinski definition) is 5. The highest BCUT2D eigenvalue weighted by atomic mass is 79.9. The largest absolute Gasteiger partial charge is 0.495 e. The van der Waals surface area contributed by atoms with Gasteiger partial charge in [-0.05, 0) is 29.8 Å². The zero-order chi connectivity index (χ0) is 14.4. The topological polar surface area (TPSA) is 57.9 Å². The zero-order valence-corrected chi connectivity index (χ0v) is 14.2. The Balaban J connectivity index is 2.75. The smallest absolute Gasteiger partial charge is 0.354 e. The molecule has 1 unspecified atom stereocenters. The molecule has 2 heterocycles. The van der Waals surface area contributed by atoms with Crippen LogP contribution in [0.2, 0.25) is 0 Å². The van der Waals surface area contributed by atoms with Crippen molar-refractivity contribution in [3.63, 3.8) is 0 Å². The third-order valence-corrected chi connectivity index (χ3v) is 5.25. The fourth-order valence-electron chi connectivity index (χ4n) is 2.05. The molecule has 5 nitrogen and oxygen atoms in total. The Hall–Kier alpha value is -0.370. The van der Waals surface area contributed by atoms with Crippen molar-refractivity contribution < 1.29 is 18.6 Å². The maximum absolute atomic E-state index is 11.9. The van der Waals surface area contributed by atoms with E-state index in [2.05, 4.69) is 31.9 Å². The summed E-state index contributed by atoms with van der Waals surface area (Å²) in [6, 6.07) is 0. The van der Waals surface area contributed by atoms with Gasteiger partial charge >= 0.3 is 5.63 Å². The van der Waals surface area contributed by atoms with E-state index in [1.807, 2.05) is 6.92 Å². The Morgan fingerprint density at radius 2 is 1.95 bits per heavy atom. The highest BCUT2D eigenvalue weighted by Gasteiger charge is 2.53. The van der Waals surface area contributed by atoms with Crippen molar-refractivity contribution in [1.29, 1.82) is 0 Å². The van der Waals surface area contributed by atoms with Gasteiger partial charge in [-0.25, -0.2) is 4.79 Å². The molecule has 0 N–H and O–H groups in total. The van der Waals surface area contributed by atoms with Gasteiger partial charge in [0.1, 0.15) is 20.3 Å². The van der Waals surface area contributed by atoms with Gasteiger partial charge in [-0.3, -0.25) is 0 Å². The Labute approximate surface area is 127 Å². The summed E-state index contributed by atoms with van der Waals surface area (Å²) < 4.78 is 21.3. The molecule has 0 radical (unpaired) electrons. The Kier molecular flexibility index (Phi) is 3.85. The molecule has 1 aliphatic heterocycles. The molecule has 0 saturated carbocycles. The zero-order valence-electron chi connectivity index (χ0n) is 11.0. The minimum Gasteiger partial charge on any atom is -0.495 e. The monoisotopic (exact) mass is 396 g/mol. The van der Waals surface area contributed by atoms with Crippen LogP contribution in [-0.2, 0) is 20.4 Å². The standard InChI is InChI=1S/C12H14Br2O5/c1-11(14)9-6(5-18-12(11,2)17-4)8(16-3)7(13)10(15)19-9/h5H2,1-4H3/t11?,12-/m1/s1. The maximum atomic E-state index is 11.9. The van der Waals surface area contributed by atoms with Gasteiger partial charge in [0.05, 0.1) is 19.3 Å². The number of halogens is 2. The molecule has 1 aromatic heterocycles. The Bertz CT molecular complexity index is 566. The SMILES string of the molecule is COc1c2c(oc(=O)c1Br)C(C)(Br)[C@](C)(OC)OC2. The second-order valence-corrected chi connectivity index (χ2v) is 6.86. The molecule has 2 atom stereocenters. The summed E-state index contributed by atoms with van der Waals surface area (Å²) in [5.41, 5.74) is 0.185. The van der Waals surface area contributed by atoms with E-state index in [0.717, 1.165) is 0 Å². The van der Waals surface area contributed by atoms with Crippen LogP contribution < -0.4 is 10.4 Å². The molecule has 106 valence electrons. The van der Waals surface area contributed by atoms with Crippen molar-refractivity contribution >= 4 is 31.9 Å². The number of hydrogen-bond donors (Lipinski definition) is 0. The van der Waals surface area contributed by atoms with Crippen LogP contribution in [-0.4, -0.2) is 20.0 Å². The van der Waals surface area contributed by atoms with Crippen LogP contribution >= 0.6 is 31.9 Å². The number of ether oxygens (including phenoxy) is 3. The molecular formula is C12H14Br2O5. The van der Waals surface area contributed by atoms with E-state index in [1.165, 1.54) is 7.11 Å². The summed E-state index contributed by atoms with van der Waals surface area (Å²) in [5, 5.41) is 0. The van der Waals surface area contributed by atoms with E-state index < -0.39 is 15.7 Å². The predicted molar refractivity (Wildman–Crippen MR) is 75.7 cm³/mol. The van der Waals surface area contributed by atoms with Crippen molar-refractivity contribution in [2.75, 3.05) is 14.2 Å². The van der Waals surface area contributed by atoms with Crippen LogP contribution in [0.4, 0.5) is 0 Å².